The predicted octanol–water partition coefficient (Wildman–Crippen LogP) is 5.67. The lowest BCUT2D eigenvalue weighted by molar-refractivity contribution is 0.291. The number of phenolic OH excluding ortho intramolecular Hbond substituents is 2. The van der Waals surface area contributed by atoms with Gasteiger partial charge in [-0.05, 0) is 72.5 Å². The van der Waals surface area contributed by atoms with Gasteiger partial charge in [-0.1, -0.05) is 45.9 Å². The molecule has 0 heterocycles. The number of rotatable bonds is 8. The Hall–Kier alpha value is -2.26. The van der Waals surface area contributed by atoms with E-state index in [2.05, 4.69) is 38.7 Å². The van der Waals surface area contributed by atoms with Gasteiger partial charge in [0, 0.05) is 12.1 Å². The van der Waals surface area contributed by atoms with Crippen molar-refractivity contribution in [1.29, 1.82) is 0 Å². The quantitative estimate of drug-likeness (QED) is 0.601. The van der Waals surface area contributed by atoms with E-state index in [0.717, 1.165) is 49.2 Å². The monoisotopic (exact) mass is 353 g/mol. The van der Waals surface area contributed by atoms with Crippen LogP contribution in [0.3, 0.4) is 0 Å². The van der Waals surface area contributed by atoms with E-state index >= 15 is 0 Å². The van der Waals surface area contributed by atoms with Gasteiger partial charge in [0.2, 0.25) is 0 Å². The van der Waals surface area contributed by atoms with Crippen molar-refractivity contribution in [2.24, 2.45) is 0 Å². The van der Waals surface area contributed by atoms with Crippen LogP contribution in [0.15, 0.2) is 42.5 Å². The average molecular weight is 354 g/mol. The number of aromatic hydroxyl groups is 2. The van der Waals surface area contributed by atoms with Crippen LogP contribution in [0.4, 0.5) is 0 Å². The molecule has 2 aromatic carbocycles. The van der Waals surface area contributed by atoms with Gasteiger partial charge in [-0.25, -0.2) is 0 Å². The van der Waals surface area contributed by atoms with Crippen molar-refractivity contribution in [3.05, 3.63) is 59.2 Å². The number of nitrogens with zero attached hydrogens (tertiary/aromatic N) is 1. The third kappa shape index (κ3) is 4.67. The van der Waals surface area contributed by atoms with E-state index in [9.17, 15) is 10.2 Å². The number of hydrogen-bond acceptors (Lipinski definition) is 3. The van der Waals surface area contributed by atoms with Crippen LogP contribution in [-0.2, 0) is 6.54 Å². The topological polar surface area (TPSA) is 43.7 Å². The molecule has 0 amide bonds. The van der Waals surface area contributed by atoms with Crippen LogP contribution >= 0.6 is 0 Å². The zero-order valence-corrected chi connectivity index (χ0v) is 16.4. The largest absolute Gasteiger partial charge is 0.508 e. The lowest BCUT2D eigenvalue weighted by Crippen LogP contribution is -2.22. The molecule has 0 radical (unpaired) electrons. The molecular weight excluding hydrogens is 322 g/mol. The van der Waals surface area contributed by atoms with Gasteiger partial charge < -0.3 is 10.2 Å². The number of hydrogen-bond donors (Lipinski definition) is 2. The zero-order chi connectivity index (χ0) is 19.1. The van der Waals surface area contributed by atoms with Gasteiger partial charge >= 0.3 is 0 Å². The molecule has 0 spiro atoms. The first-order valence-electron chi connectivity index (χ1n) is 9.59. The Morgan fingerprint density at radius 3 is 1.85 bits per heavy atom. The van der Waals surface area contributed by atoms with Crippen molar-refractivity contribution in [2.45, 2.75) is 47.1 Å². The van der Waals surface area contributed by atoms with Gasteiger partial charge in [-0.3, -0.25) is 4.90 Å². The molecule has 2 rings (SSSR count). The van der Waals surface area contributed by atoms with E-state index in [1.807, 2.05) is 24.3 Å². The van der Waals surface area contributed by atoms with Crippen LogP contribution in [0.5, 0.6) is 11.5 Å². The minimum absolute atomic E-state index is 0.286. The van der Waals surface area contributed by atoms with Gasteiger partial charge in [0.15, 0.2) is 0 Å². The van der Waals surface area contributed by atoms with Gasteiger partial charge in [0.05, 0.1) is 0 Å². The first kappa shape index (κ1) is 20.1. The highest BCUT2D eigenvalue weighted by Gasteiger charge is 2.13. The molecule has 0 fully saturated rings. The summed E-state index contributed by atoms with van der Waals surface area (Å²) in [5, 5.41) is 19.9. The van der Waals surface area contributed by atoms with Crippen LogP contribution < -0.4 is 0 Å². The molecule has 0 atom stereocenters. The molecule has 3 heteroatoms. The predicted molar refractivity (Wildman–Crippen MR) is 110 cm³/mol. The molecule has 0 saturated heterocycles. The smallest absolute Gasteiger partial charge is 0.120 e. The fraction of sp³-hybridized carbons (Fsp3) is 0.391. The van der Waals surface area contributed by atoms with E-state index in [1.165, 1.54) is 11.1 Å². The van der Waals surface area contributed by atoms with E-state index in [0.29, 0.717) is 5.75 Å². The number of phenols is 2. The fourth-order valence-electron chi connectivity index (χ4n) is 3.43. The third-order valence-electron chi connectivity index (χ3n) is 5.00. The molecule has 3 nitrogen and oxygen atoms in total. The average Bonchev–Trinajstić information content (AvgIpc) is 2.66. The highest BCUT2D eigenvalue weighted by molar-refractivity contribution is 5.91. The molecule has 0 aliphatic carbocycles. The summed E-state index contributed by atoms with van der Waals surface area (Å²) < 4.78 is 0. The van der Waals surface area contributed by atoms with Crippen LogP contribution in [0.2, 0.25) is 0 Å². The summed E-state index contributed by atoms with van der Waals surface area (Å²) in [5.74, 6) is 0.646. The normalized spacial score (nSPS) is 12.3. The second-order valence-electron chi connectivity index (χ2n) is 6.52. The SMILES string of the molecule is CC/C(=C(/CC)c1ccc(O)c(CN(CC)CC)c1)c1ccc(O)cc1. The van der Waals surface area contributed by atoms with Gasteiger partial charge in [-0.2, -0.15) is 0 Å². The van der Waals surface area contributed by atoms with Crippen molar-refractivity contribution in [2.75, 3.05) is 13.1 Å². The third-order valence-corrected chi connectivity index (χ3v) is 5.00. The Kier molecular flexibility index (Phi) is 7.28. The molecule has 2 aromatic rings. The van der Waals surface area contributed by atoms with E-state index < -0.39 is 0 Å². The summed E-state index contributed by atoms with van der Waals surface area (Å²) in [6.07, 6.45) is 1.83. The Labute approximate surface area is 157 Å². The number of allylic oxidation sites excluding steroid dienone is 2. The lowest BCUT2D eigenvalue weighted by atomic mass is 9.90. The molecule has 0 saturated carbocycles. The summed E-state index contributed by atoms with van der Waals surface area (Å²) in [6, 6.07) is 13.4. The van der Waals surface area contributed by atoms with Crippen molar-refractivity contribution in [3.63, 3.8) is 0 Å². The van der Waals surface area contributed by atoms with Crippen molar-refractivity contribution < 1.29 is 10.2 Å². The van der Waals surface area contributed by atoms with Crippen LogP contribution in [0.25, 0.3) is 11.1 Å². The molecule has 2 N–H and O–H groups in total. The van der Waals surface area contributed by atoms with E-state index in [1.54, 1.807) is 12.1 Å². The van der Waals surface area contributed by atoms with Crippen molar-refractivity contribution >= 4 is 11.1 Å². The first-order valence-corrected chi connectivity index (χ1v) is 9.59. The summed E-state index contributed by atoms with van der Waals surface area (Å²) in [6.45, 7) is 11.3. The molecule has 0 unspecified atom stereocenters. The number of benzene rings is 2. The second-order valence-corrected chi connectivity index (χ2v) is 6.52. The Balaban J connectivity index is 2.49. The molecule has 0 aliphatic heterocycles. The van der Waals surface area contributed by atoms with Gasteiger partial charge in [0.1, 0.15) is 11.5 Å². The van der Waals surface area contributed by atoms with Crippen LogP contribution in [0, 0.1) is 0 Å². The standard InChI is InChI=1S/C23H31NO2/c1-5-21(17-9-12-20(25)13-10-17)22(6-2)18-11-14-23(26)19(15-18)16-24(7-3)8-4/h9-15,25-26H,5-8,16H2,1-4H3/b22-21+. The van der Waals surface area contributed by atoms with Crippen LogP contribution in [0.1, 0.15) is 57.2 Å². The molecule has 140 valence electrons. The van der Waals surface area contributed by atoms with E-state index in [-0.39, 0.29) is 5.75 Å². The van der Waals surface area contributed by atoms with E-state index in [4.69, 9.17) is 0 Å². The lowest BCUT2D eigenvalue weighted by Gasteiger charge is -2.20. The van der Waals surface area contributed by atoms with Gasteiger partial charge in [0.25, 0.3) is 0 Å². The summed E-state index contributed by atoms with van der Waals surface area (Å²) in [7, 11) is 0. The maximum absolute atomic E-state index is 10.3. The summed E-state index contributed by atoms with van der Waals surface area (Å²) in [5.41, 5.74) is 5.85. The molecular formula is C23H31NO2. The van der Waals surface area contributed by atoms with Crippen molar-refractivity contribution in [3.8, 4) is 11.5 Å². The van der Waals surface area contributed by atoms with Crippen molar-refractivity contribution in [1.82, 2.24) is 4.90 Å². The highest BCUT2D eigenvalue weighted by atomic mass is 16.3. The molecule has 0 aromatic heterocycles. The summed E-state index contributed by atoms with van der Waals surface area (Å²) in [4.78, 5) is 2.30. The second kappa shape index (κ2) is 9.44. The molecule has 0 aliphatic rings. The fourth-order valence-corrected chi connectivity index (χ4v) is 3.43. The minimum atomic E-state index is 0.286. The molecule has 26 heavy (non-hydrogen) atoms. The van der Waals surface area contributed by atoms with Gasteiger partial charge in [-0.15, -0.1) is 0 Å². The Morgan fingerprint density at radius 2 is 1.31 bits per heavy atom. The molecule has 0 bridgehead atoms. The maximum atomic E-state index is 10.3. The highest BCUT2D eigenvalue weighted by Crippen LogP contribution is 2.34. The maximum Gasteiger partial charge on any atom is 0.120 e. The summed E-state index contributed by atoms with van der Waals surface area (Å²) >= 11 is 0. The Bertz CT molecular complexity index is 743. The Morgan fingerprint density at radius 1 is 0.769 bits per heavy atom. The van der Waals surface area contributed by atoms with Crippen LogP contribution in [-0.4, -0.2) is 28.2 Å². The minimum Gasteiger partial charge on any atom is -0.508 e. The first-order chi connectivity index (χ1) is 12.5. The zero-order valence-electron chi connectivity index (χ0n) is 16.4.